The third-order valence-corrected chi connectivity index (χ3v) is 8.08. The number of nitrogens with one attached hydrogen (secondary N) is 1. The Bertz CT molecular complexity index is 1150. The van der Waals surface area contributed by atoms with Crippen molar-refractivity contribution in [3.8, 4) is 0 Å². The molecule has 208 valence electrons. The lowest BCUT2D eigenvalue weighted by Crippen LogP contribution is -2.56. The molecule has 1 N–H and O–H groups in total. The van der Waals surface area contributed by atoms with Gasteiger partial charge in [0.1, 0.15) is 5.82 Å². The van der Waals surface area contributed by atoms with E-state index >= 15 is 0 Å². The monoisotopic (exact) mass is 574 g/mol. The second-order valence-electron chi connectivity index (χ2n) is 10.5. The minimum absolute atomic E-state index is 0.0211. The van der Waals surface area contributed by atoms with Gasteiger partial charge in [0.2, 0.25) is 5.91 Å². The van der Waals surface area contributed by atoms with Gasteiger partial charge in [-0.3, -0.25) is 14.6 Å². The van der Waals surface area contributed by atoms with Crippen LogP contribution in [-0.2, 0) is 17.5 Å². The number of likely N-dealkylation sites (N-methyl/N-ethyl adjacent to an activating group) is 1. The smallest absolute Gasteiger partial charge is 0.339 e. The first-order valence-corrected chi connectivity index (χ1v) is 13.3. The van der Waals surface area contributed by atoms with Crippen molar-refractivity contribution in [2.45, 2.75) is 50.6 Å². The fourth-order valence-corrected chi connectivity index (χ4v) is 5.97. The minimum Gasteiger partial charge on any atom is -0.339 e. The van der Waals surface area contributed by atoms with E-state index in [0.717, 1.165) is 30.8 Å². The average molecular weight is 575 g/mol. The van der Waals surface area contributed by atoms with E-state index in [9.17, 15) is 22.4 Å². The lowest BCUT2D eigenvalue weighted by atomic mass is 9.93. The Labute approximate surface area is 230 Å². The first kappa shape index (κ1) is 29.1. The number of carbonyl (C=O) groups is 1. The van der Waals surface area contributed by atoms with Gasteiger partial charge in [-0.05, 0) is 56.3 Å². The fourth-order valence-electron chi connectivity index (χ4n) is 5.66. The van der Waals surface area contributed by atoms with Crippen LogP contribution in [0.1, 0.15) is 36.5 Å². The Hall–Kier alpha value is -1.91. The molecule has 0 radical (unpaired) electrons. The normalized spacial score (nSPS) is 24.8. The molecule has 2 aromatic carbocycles. The molecule has 4 unspecified atom stereocenters. The van der Waals surface area contributed by atoms with Gasteiger partial charge in [0.25, 0.3) is 0 Å². The second kappa shape index (κ2) is 11.7. The van der Waals surface area contributed by atoms with Crippen LogP contribution < -0.4 is 5.32 Å². The highest BCUT2D eigenvalue weighted by Crippen LogP contribution is 2.36. The molecule has 0 bridgehead atoms. The number of nitrogens with zero attached hydrogens (tertiary/aromatic N) is 3. The summed E-state index contributed by atoms with van der Waals surface area (Å²) < 4.78 is 53.2. The summed E-state index contributed by atoms with van der Waals surface area (Å²) in [6.07, 6.45) is -4.75. The zero-order valence-electron chi connectivity index (χ0n) is 21.5. The van der Waals surface area contributed by atoms with Gasteiger partial charge in [0, 0.05) is 56.8 Å². The number of piperazine rings is 1. The molecule has 0 saturated carbocycles. The summed E-state index contributed by atoms with van der Waals surface area (Å²) in [5, 5.41) is 4.30. The summed E-state index contributed by atoms with van der Waals surface area (Å²) in [6, 6.07) is 8.80. The Morgan fingerprint density at radius 1 is 1.03 bits per heavy atom. The van der Waals surface area contributed by atoms with Crippen LogP contribution >= 0.6 is 23.2 Å². The summed E-state index contributed by atoms with van der Waals surface area (Å²) in [6.45, 7) is 7.17. The second-order valence-corrected chi connectivity index (χ2v) is 11.4. The molecular formula is C27H32Cl2F4N4O. The van der Waals surface area contributed by atoms with Gasteiger partial charge in [0.05, 0.1) is 22.2 Å². The first-order chi connectivity index (χ1) is 17.8. The van der Waals surface area contributed by atoms with Crippen molar-refractivity contribution in [1.29, 1.82) is 0 Å². The lowest BCUT2D eigenvalue weighted by Gasteiger charge is -2.36. The van der Waals surface area contributed by atoms with E-state index in [2.05, 4.69) is 24.1 Å². The van der Waals surface area contributed by atoms with E-state index in [0.29, 0.717) is 35.2 Å². The van der Waals surface area contributed by atoms with Crippen molar-refractivity contribution in [1.82, 2.24) is 20.0 Å². The molecule has 4 atom stereocenters. The van der Waals surface area contributed by atoms with Crippen molar-refractivity contribution < 1.29 is 22.4 Å². The highest BCUT2D eigenvalue weighted by molar-refractivity contribution is 6.42. The van der Waals surface area contributed by atoms with E-state index in [1.165, 1.54) is 6.07 Å². The first-order valence-electron chi connectivity index (χ1n) is 12.6. The van der Waals surface area contributed by atoms with Gasteiger partial charge in [-0.2, -0.15) is 13.2 Å². The molecule has 4 rings (SSSR count). The summed E-state index contributed by atoms with van der Waals surface area (Å²) in [5.74, 6) is -1.39. The van der Waals surface area contributed by atoms with Crippen LogP contribution in [0, 0.1) is 5.82 Å². The number of rotatable bonds is 6. The van der Waals surface area contributed by atoms with E-state index in [1.54, 1.807) is 12.1 Å². The van der Waals surface area contributed by atoms with Crippen LogP contribution in [0.15, 0.2) is 36.4 Å². The van der Waals surface area contributed by atoms with E-state index in [1.807, 2.05) is 22.9 Å². The van der Waals surface area contributed by atoms with Gasteiger partial charge in [-0.15, -0.1) is 0 Å². The highest BCUT2D eigenvalue weighted by atomic mass is 35.5. The molecule has 0 aromatic heterocycles. The maximum atomic E-state index is 14.2. The predicted molar refractivity (Wildman–Crippen MR) is 141 cm³/mol. The zero-order valence-corrected chi connectivity index (χ0v) is 23.0. The van der Waals surface area contributed by atoms with Crippen molar-refractivity contribution in [3.05, 3.63) is 69.0 Å². The standard InChI is InChI=1S/C27H32Cl2F4N4O/c1-16-10-36(11-17(2)34-16)15-26(38)37-13-20(19-5-7-22(28)23(29)9-19)25(14-37)35(3)12-18-4-6-21(24(30)8-18)27(31,32)33/h4-9,16-17,20,25,34H,10-15H2,1-3H3. The number of alkyl halides is 3. The van der Waals surface area contributed by atoms with Crippen molar-refractivity contribution >= 4 is 29.1 Å². The third kappa shape index (κ3) is 6.80. The lowest BCUT2D eigenvalue weighted by molar-refractivity contribution is -0.140. The Kier molecular flexibility index (Phi) is 8.94. The minimum atomic E-state index is -4.75. The van der Waals surface area contributed by atoms with Crippen LogP contribution in [0.5, 0.6) is 0 Å². The number of hydrogen-bond acceptors (Lipinski definition) is 4. The number of carbonyl (C=O) groups excluding carboxylic acids is 1. The molecule has 2 aromatic rings. The van der Waals surface area contributed by atoms with Crippen molar-refractivity contribution in [3.63, 3.8) is 0 Å². The van der Waals surface area contributed by atoms with Crippen molar-refractivity contribution in [2.24, 2.45) is 0 Å². The topological polar surface area (TPSA) is 38.8 Å². The van der Waals surface area contributed by atoms with Crippen LogP contribution in [0.2, 0.25) is 10.0 Å². The quantitative estimate of drug-likeness (QED) is 0.478. The summed E-state index contributed by atoms with van der Waals surface area (Å²) in [4.78, 5) is 19.3. The molecule has 0 aliphatic carbocycles. The molecule has 0 spiro atoms. The highest BCUT2D eigenvalue weighted by Gasteiger charge is 2.39. The largest absolute Gasteiger partial charge is 0.419 e. The molecule has 38 heavy (non-hydrogen) atoms. The van der Waals surface area contributed by atoms with Crippen molar-refractivity contribution in [2.75, 3.05) is 39.8 Å². The molecule has 2 heterocycles. The Morgan fingerprint density at radius 3 is 2.32 bits per heavy atom. The molecule has 2 saturated heterocycles. The van der Waals surface area contributed by atoms with E-state index in [-0.39, 0.29) is 36.5 Å². The molecule has 2 aliphatic heterocycles. The average Bonchev–Trinajstić information content (AvgIpc) is 3.25. The SMILES string of the molecule is CC1CN(CC(=O)N2CC(c3ccc(Cl)c(Cl)c3)C(N(C)Cc3ccc(C(F)(F)F)c(F)c3)C2)CC(C)N1. The van der Waals surface area contributed by atoms with Crippen LogP contribution in [-0.4, -0.2) is 78.5 Å². The number of benzene rings is 2. The molecular weight excluding hydrogens is 543 g/mol. The number of likely N-dealkylation sites (tertiary alicyclic amines) is 1. The van der Waals surface area contributed by atoms with Gasteiger partial charge in [0.15, 0.2) is 0 Å². The van der Waals surface area contributed by atoms with Gasteiger partial charge < -0.3 is 10.2 Å². The maximum absolute atomic E-state index is 14.2. The molecule has 11 heteroatoms. The van der Waals surface area contributed by atoms with E-state index < -0.39 is 17.6 Å². The van der Waals surface area contributed by atoms with E-state index in [4.69, 9.17) is 23.2 Å². The maximum Gasteiger partial charge on any atom is 0.419 e. The molecule has 1 amide bonds. The van der Waals surface area contributed by atoms with Gasteiger partial charge >= 0.3 is 6.18 Å². The van der Waals surface area contributed by atoms with Gasteiger partial charge in [-0.25, -0.2) is 4.39 Å². The zero-order chi connectivity index (χ0) is 27.8. The number of hydrogen-bond donors (Lipinski definition) is 1. The molecule has 2 aliphatic rings. The Morgan fingerprint density at radius 2 is 1.71 bits per heavy atom. The number of amides is 1. The van der Waals surface area contributed by atoms with Crippen LogP contribution in [0.25, 0.3) is 0 Å². The van der Waals surface area contributed by atoms with Crippen LogP contribution in [0.4, 0.5) is 17.6 Å². The fraction of sp³-hybridized carbons (Fsp3) is 0.519. The Balaban J connectivity index is 1.53. The molecule has 5 nitrogen and oxygen atoms in total. The predicted octanol–water partition coefficient (Wildman–Crippen LogP) is 5.26. The third-order valence-electron chi connectivity index (χ3n) is 7.34. The van der Waals surface area contributed by atoms with Gasteiger partial charge in [-0.1, -0.05) is 35.3 Å². The molecule has 2 fully saturated rings. The van der Waals surface area contributed by atoms with Crippen LogP contribution in [0.3, 0.4) is 0 Å². The summed E-state index contributed by atoms with van der Waals surface area (Å²) >= 11 is 12.4. The number of halogens is 6. The summed E-state index contributed by atoms with van der Waals surface area (Å²) in [5.41, 5.74) is 0.0424. The summed E-state index contributed by atoms with van der Waals surface area (Å²) in [7, 11) is 1.83.